The zero-order valence-electron chi connectivity index (χ0n) is 27.3. The minimum absolute atomic E-state index is 0.0911. The summed E-state index contributed by atoms with van der Waals surface area (Å²) in [5.41, 5.74) is 1.84. The molecule has 2 aromatic heterocycles. The first-order chi connectivity index (χ1) is 22.4. The SMILES string of the molecule is CCCCCCCCCCc1ccc2c(c1)sc1c3ccc(C(=O)Oc4ccc(C(=O)OCCC[C@@H](C)CC)cc4F)cc3sc21. The molecule has 0 unspecified atom stereocenters. The number of ether oxygens (including phenoxy) is 2. The summed E-state index contributed by atoms with van der Waals surface area (Å²) in [6, 6.07) is 16.1. The smallest absolute Gasteiger partial charge is 0.343 e. The Kier molecular flexibility index (Phi) is 12.2. The number of carbonyl (C=O) groups excluding carboxylic acids is 2. The highest BCUT2D eigenvalue weighted by Gasteiger charge is 2.18. The van der Waals surface area contributed by atoms with E-state index in [0.29, 0.717) is 18.1 Å². The average molecular weight is 661 g/mol. The maximum atomic E-state index is 14.8. The van der Waals surface area contributed by atoms with Crippen LogP contribution in [0.3, 0.4) is 0 Å². The number of hydrogen-bond acceptors (Lipinski definition) is 6. The lowest BCUT2D eigenvalue weighted by Crippen LogP contribution is -2.11. The fraction of sp³-hybridized carbons (Fsp3) is 0.436. The van der Waals surface area contributed by atoms with Crippen LogP contribution in [0.4, 0.5) is 4.39 Å². The summed E-state index contributed by atoms with van der Waals surface area (Å²) in [4.78, 5) is 25.3. The summed E-state index contributed by atoms with van der Waals surface area (Å²) in [7, 11) is 0. The van der Waals surface area contributed by atoms with E-state index in [1.165, 1.54) is 88.5 Å². The molecule has 5 aromatic rings. The van der Waals surface area contributed by atoms with Crippen molar-refractivity contribution in [1.29, 1.82) is 0 Å². The molecule has 0 spiro atoms. The Labute approximate surface area is 279 Å². The zero-order valence-corrected chi connectivity index (χ0v) is 28.9. The average Bonchev–Trinajstić information content (AvgIpc) is 3.60. The number of hydrogen-bond donors (Lipinski definition) is 0. The predicted molar refractivity (Wildman–Crippen MR) is 191 cm³/mol. The van der Waals surface area contributed by atoms with Crippen molar-refractivity contribution in [3.63, 3.8) is 0 Å². The van der Waals surface area contributed by atoms with Crippen LogP contribution in [0.1, 0.15) is 118 Å². The minimum Gasteiger partial charge on any atom is -0.462 e. The van der Waals surface area contributed by atoms with Crippen LogP contribution in [0.2, 0.25) is 0 Å². The first-order valence-electron chi connectivity index (χ1n) is 16.9. The maximum Gasteiger partial charge on any atom is 0.343 e. The molecule has 3 aromatic carbocycles. The normalized spacial score (nSPS) is 12.3. The fourth-order valence-electron chi connectivity index (χ4n) is 5.80. The van der Waals surface area contributed by atoms with Crippen molar-refractivity contribution in [2.24, 2.45) is 5.92 Å². The van der Waals surface area contributed by atoms with Gasteiger partial charge in [0.15, 0.2) is 11.6 Å². The van der Waals surface area contributed by atoms with Gasteiger partial charge in [-0.2, -0.15) is 0 Å². The lowest BCUT2D eigenvalue weighted by Gasteiger charge is -2.10. The molecule has 4 nitrogen and oxygen atoms in total. The van der Waals surface area contributed by atoms with Crippen molar-refractivity contribution in [3.8, 4) is 5.75 Å². The number of fused-ring (bicyclic) bond motifs is 5. The lowest BCUT2D eigenvalue weighted by atomic mass is 10.0. The Balaban J connectivity index is 1.19. The van der Waals surface area contributed by atoms with Gasteiger partial charge in [0.1, 0.15) is 0 Å². The van der Waals surface area contributed by atoms with Crippen molar-refractivity contribution in [1.82, 2.24) is 0 Å². The molecule has 0 saturated heterocycles. The Morgan fingerprint density at radius 1 is 0.739 bits per heavy atom. The Morgan fingerprint density at radius 2 is 1.37 bits per heavy atom. The largest absolute Gasteiger partial charge is 0.462 e. The van der Waals surface area contributed by atoms with E-state index in [4.69, 9.17) is 9.47 Å². The molecule has 0 radical (unpaired) electrons. The second-order valence-electron chi connectivity index (χ2n) is 12.5. The van der Waals surface area contributed by atoms with E-state index in [0.717, 1.165) is 41.8 Å². The third-order valence-corrected chi connectivity index (χ3v) is 11.3. The third-order valence-electron chi connectivity index (χ3n) is 8.84. The first-order valence-corrected chi connectivity index (χ1v) is 18.6. The maximum absolute atomic E-state index is 14.8. The molecule has 0 aliphatic heterocycles. The van der Waals surface area contributed by atoms with Gasteiger partial charge in [-0.25, -0.2) is 14.0 Å². The van der Waals surface area contributed by atoms with E-state index >= 15 is 0 Å². The number of thiophene rings is 2. The standard InChI is InChI=1S/C39H45FO4S2/c1-4-6-7-8-9-10-11-12-15-27-16-19-30-34(23-27)45-37-31-20-17-29(25-35(31)46-36(30)37)39(42)44-33-21-18-28(24-32(33)40)38(41)43-22-13-14-26(3)5-2/h16-21,23-26H,4-15,22H2,1-3H3/t26-/m0/s1. The van der Waals surface area contributed by atoms with Gasteiger partial charge in [0.2, 0.25) is 0 Å². The third kappa shape index (κ3) is 8.54. The molecule has 0 fully saturated rings. The van der Waals surface area contributed by atoms with Gasteiger partial charge >= 0.3 is 11.9 Å². The molecular weight excluding hydrogens is 616 g/mol. The Hall–Kier alpha value is -3.29. The predicted octanol–water partition coefficient (Wildman–Crippen LogP) is 12.3. The highest BCUT2D eigenvalue weighted by molar-refractivity contribution is 7.36. The van der Waals surface area contributed by atoms with Gasteiger partial charge in [-0.3, -0.25) is 0 Å². The van der Waals surface area contributed by atoms with Crippen LogP contribution in [-0.2, 0) is 11.2 Å². The molecule has 1 atom stereocenters. The van der Waals surface area contributed by atoms with Gasteiger partial charge in [0, 0.05) is 20.2 Å². The van der Waals surface area contributed by atoms with Crippen molar-refractivity contribution in [2.75, 3.05) is 6.61 Å². The Morgan fingerprint density at radius 3 is 2.07 bits per heavy atom. The molecule has 2 heterocycles. The molecule has 0 amide bonds. The number of halogens is 1. The summed E-state index contributed by atoms with van der Waals surface area (Å²) in [5.74, 6) is -1.66. The minimum atomic E-state index is -0.784. The van der Waals surface area contributed by atoms with Gasteiger partial charge in [-0.1, -0.05) is 90.3 Å². The fourth-order valence-corrected chi connectivity index (χ4v) is 8.56. The zero-order chi connectivity index (χ0) is 32.5. The molecule has 0 saturated carbocycles. The summed E-state index contributed by atoms with van der Waals surface area (Å²) in [6.07, 6.45) is 14.6. The summed E-state index contributed by atoms with van der Waals surface area (Å²) >= 11 is 3.47. The van der Waals surface area contributed by atoms with E-state index in [1.54, 1.807) is 28.7 Å². The molecular formula is C39H45FO4S2. The summed E-state index contributed by atoms with van der Waals surface area (Å²) < 4.78 is 30.3. The highest BCUT2D eigenvalue weighted by Crippen LogP contribution is 2.44. The second kappa shape index (κ2) is 16.5. The van der Waals surface area contributed by atoms with E-state index < -0.39 is 17.8 Å². The molecule has 0 bridgehead atoms. The van der Waals surface area contributed by atoms with Gasteiger partial charge in [-0.15, -0.1) is 22.7 Å². The number of unbranched alkanes of at least 4 members (excludes halogenated alkanes) is 7. The van der Waals surface area contributed by atoms with Crippen molar-refractivity contribution in [2.45, 2.75) is 97.8 Å². The van der Waals surface area contributed by atoms with E-state index in [-0.39, 0.29) is 11.3 Å². The molecule has 0 aliphatic rings. The van der Waals surface area contributed by atoms with E-state index in [1.807, 2.05) is 12.1 Å². The topological polar surface area (TPSA) is 52.6 Å². The van der Waals surface area contributed by atoms with Gasteiger partial charge < -0.3 is 9.47 Å². The molecule has 5 rings (SSSR count). The molecule has 0 aliphatic carbocycles. The molecule has 0 N–H and O–H groups in total. The number of benzene rings is 3. The molecule has 46 heavy (non-hydrogen) atoms. The van der Waals surface area contributed by atoms with Crippen molar-refractivity contribution < 1.29 is 23.5 Å². The lowest BCUT2D eigenvalue weighted by molar-refractivity contribution is 0.0493. The number of aryl methyl sites for hydroxylation is 1. The van der Waals surface area contributed by atoms with Crippen LogP contribution in [-0.4, -0.2) is 18.5 Å². The van der Waals surface area contributed by atoms with Gasteiger partial charge in [0.05, 0.1) is 27.1 Å². The van der Waals surface area contributed by atoms with Crippen LogP contribution in [0, 0.1) is 11.7 Å². The van der Waals surface area contributed by atoms with Crippen molar-refractivity contribution in [3.05, 3.63) is 77.1 Å². The monoisotopic (exact) mass is 660 g/mol. The second-order valence-corrected chi connectivity index (χ2v) is 14.6. The number of carbonyl (C=O) groups is 2. The van der Waals surface area contributed by atoms with Crippen LogP contribution in [0.25, 0.3) is 29.6 Å². The van der Waals surface area contributed by atoms with E-state index in [2.05, 4.69) is 39.0 Å². The summed E-state index contributed by atoms with van der Waals surface area (Å²) in [6.45, 7) is 6.84. The van der Waals surface area contributed by atoms with Crippen molar-refractivity contribution >= 4 is 64.2 Å². The summed E-state index contributed by atoms with van der Waals surface area (Å²) in [5, 5.41) is 2.36. The first kappa shape index (κ1) is 34.1. The quantitative estimate of drug-likeness (QED) is 0.0566. The Bertz CT molecular complexity index is 1790. The molecule has 7 heteroatoms. The van der Waals surface area contributed by atoms with Gasteiger partial charge in [-0.05, 0) is 73.6 Å². The van der Waals surface area contributed by atoms with Crippen LogP contribution < -0.4 is 4.74 Å². The highest BCUT2D eigenvalue weighted by atomic mass is 32.1. The van der Waals surface area contributed by atoms with Crippen LogP contribution in [0.15, 0.2) is 54.6 Å². The van der Waals surface area contributed by atoms with Crippen LogP contribution >= 0.6 is 22.7 Å². The molecule has 244 valence electrons. The van der Waals surface area contributed by atoms with Crippen LogP contribution in [0.5, 0.6) is 5.75 Å². The van der Waals surface area contributed by atoms with Gasteiger partial charge in [0.25, 0.3) is 0 Å². The number of rotatable bonds is 17. The number of esters is 2. The van der Waals surface area contributed by atoms with E-state index in [9.17, 15) is 14.0 Å².